The highest BCUT2D eigenvalue weighted by molar-refractivity contribution is 5.96. The second-order valence-electron chi connectivity index (χ2n) is 6.43. The van der Waals surface area contributed by atoms with Crippen molar-refractivity contribution in [2.45, 2.75) is 25.9 Å². The van der Waals surface area contributed by atoms with Crippen molar-refractivity contribution in [3.8, 4) is 5.75 Å². The van der Waals surface area contributed by atoms with Gasteiger partial charge in [0.15, 0.2) is 0 Å². The predicted octanol–water partition coefficient (Wildman–Crippen LogP) is 3.17. The number of hydrogen-bond acceptors (Lipinski definition) is 5. The highest BCUT2D eigenvalue weighted by Crippen LogP contribution is 2.23. The van der Waals surface area contributed by atoms with Crippen LogP contribution in [0.1, 0.15) is 28.8 Å². The van der Waals surface area contributed by atoms with E-state index in [1.54, 1.807) is 24.3 Å². The SMILES string of the molecule is Cc1ccc(N)cc1C(=O)N1CCC(Oc2ccc([N+](=O)[O-])cc2)CC1. The molecular weight excluding hydrogens is 334 g/mol. The van der Waals surface area contributed by atoms with Crippen molar-refractivity contribution >= 4 is 17.3 Å². The Balaban J connectivity index is 1.57. The molecule has 0 radical (unpaired) electrons. The quantitative estimate of drug-likeness (QED) is 0.516. The number of anilines is 1. The van der Waals surface area contributed by atoms with Gasteiger partial charge < -0.3 is 15.4 Å². The molecule has 1 aliphatic rings. The zero-order valence-corrected chi connectivity index (χ0v) is 14.6. The smallest absolute Gasteiger partial charge is 0.269 e. The molecule has 7 heteroatoms. The number of piperidine rings is 1. The van der Waals surface area contributed by atoms with Gasteiger partial charge in [0.2, 0.25) is 0 Å². The van der Waals surface area contributed by atoms with Crippen LogP contribution < -0.4 is 10.5 Å². The third-order valence-electron chi connectivity index (χ3n) is 4.57. The summed E-state index contributed by atoms with van der Waals surface area (Å²) in [4.78, 5) is 24.8. The number of nitrogens with zero attached hydrogens (tertiary/aromatic N) is 2. The summed E-state index contributed by atoms with van der Waals surface area (Å²) in [6, 6.07) is 11.4. The van der Waals surface area contributed by atoms with Gasteiger partial charge in [0, 0.05) is 49.3 Å². The van der Waals surface area contributed by atoms with Crippen LogP contribution in [-0.2, 0) is 0 Å². The first-order valence-corrected chi connectivity index (χ1v) is 8.50. The summed E-state index contributed by atoms with van der Waals surface area (Å²) in [6.45, 7) is 3.10. The summed E-state index contributed by atoms with van der Waals surface area (Å²) in [5, 5.41) is 10.7. The molecule has 26 heavy (non-hydrogen) atoms. The van der Waals surface area contributed by atoms with Crippen molar-refractivity contribution in [2.24, 2.45) is 0 Å². The Bertz CT molecular complexity index is 812. The van der Waals surface area contributed by atoms with Gasteiger partial charge in [-0.25, -0.2) is 0 Å². The first kappa shape index (κ1) is 17.7. The fourth-order valence-electron chi connectivity index (χ4n) is 3.06. The fourth-order valence-corrected chi connectivity index (χ4v) is 3.06. The first-order chi connectivity index (χ1) is 12.4. The maximum Gasteiger partial charge on any atom is 0.269 e. The first-order valence-electron chi connectivity index (χ1n) is 8.50. The van der Waals surface area contributed by atoms with Gasteiger partial charge in [-0.3, -0.25) is 14.9 Å². The van der Waals surface area contributed by atoms with Gasteiger partial charge in [0.25, 0.3) is 11.6 Å². The summed E-state index contributed by atoms with van der Waals surface area (Å²) < 4.78 is 5.89. The molecule has 2 aromatic rings. The number of carbonyl (C=O) groups excluding carboxylic acids is 1. The molecule has 0 spiro atoms. The Morgan fingerprint density at radius 1 is 1.19 bits per heavy atom. The van der Waals surface area contributed by atoms with Crippen LogP contribution in [0.5, 0.6) is 5.75 Å². The van der Waals surface area contributed by atoms with Crippen molar-refractivity contribution in [3.05, 3.63) is 63.7 Å². The number of benzene rings is 2. The molecule has 2 aromatic carbocycles. The number of carbonyl (C=O) groups is 1. The number of hydrogen-bond donors (Lipinski definition) is 1. The van der Waals surface area contributed by atoms with Crippen LogP contribution >= 0.6 is 0 Å². The topological polar surface area (TPSA) is 98.7 Å². The van der Waals surface area contributed by atoms with Crippen LogP contribution in [0.3, 0.4) is 0 Å². The second-order valence-corrected chi connectivity index (χ2v) is 6.43. The van der Waals surface area contributed by atoms with Crippen LogP contribution in [0.15, 0.2) is 42.5 Å². The Kier molecular flexibility index (Phi) is 5.06. The van der Waals surface area contributed by atoms with Gasteiger partial charge in [-0.2, -0.15) is 0 Å². The van der Waals surface area contributed by atoms with Crippen LogP contribution in [0.2, 0.25) is 0 Å². The van der Waals surface area contributed by atoms with Gasteiger partial charge >= 0.3 is 0 Å². The lowest BCUT2D eigenvalue weighted by Crippen LogP contribution is -2.42. The van der Waals surface area contributed by atoms with E-state index in [2.05, 4.69) is 0 Å². The van der Waals surface area contributed by atoms with Gasteiger partial charge in [0.05, 0.1) is 4.92 Å². The largest absolute Gasteiger partial charge is 0.490 e. The molecule has 0 bridgehead atoms. The molecule has 2 N–H and O–H groups in total. The van der Waals surface area contributed by atoms with E-state index in [1.807, 2.05) is 17.9 Å². The summed E-state index contributed by atoms with van der Waals surface area (Å²) in [5.74, 6) is 0.593. The summed E-state index contributed by atoms with van der Waals surface area (Å²) in [5.41, 5.74) is 7.96. The minimum atomic E-state index is -0.438. The van der Waals surface area contributed by atoms with Crippen molar-refractivity contribution in [1.82, 2.24) is 4.90 Å². The molecule has 0 saturated carbocycles. The predicted molar refractivity (Wildman–Crippen MR) is 98.2 cm³/mol. The van der Waals surface area contributed by atoms with E-state index in [9.17, 15) is 14.9 Å². The van der Waals surface area contributed by atoms with E-state index in [0.717, 1.165) is 5.56 Å². The maximum absolute atomic E-state index is 12.7. The molecule has 1 aliphatic heterocycles. The molecule has 1 saturated heterocycles. The van der Waals surface area contributed by atoms with Crippen molar-refractivity contribution < 1.29 is 14.5 Å². The molecule has 0 aromatic heterocycles. The summed E-state index contributed by atoms with van der Waals surface area (Å²) >= 11 is 0. The minimum absolute atomic E-state index is 0.0106. The molecule has 0 aliphatic carbocycles. The number of rotatable bonds is 4. The fraction of sp³-hybridized carbons (Fsp3) is 0.316. The lowest BCUT2D eigenvalue weighted by atomic mass is 10.0. The second kappa shape index (κ2) is 7.43. The molecule has 1 fully saturated rings. The Morgan fingerprint density at radius 2 is 1.85 bits per heavy atom. The molecule has 136 valence electrons. The number of nitrogen functional groups attached to an aromatic ring is 1. The third kappa shape index (κ3) is 3.93. The molecule has 0 atom stereocenters. The average molecular weight is 355 g/mol. The molecule has 1 amide bonds. The highest BCUT2D eigenvalue weighted by Gasteiger charge is 2.25. The zero-order valence-electron chi connectivity index (χ0n) is 14.6. The van der Waals surface area contributed by atoms with E-state index in [-0.39, 0.29) is 17.7 Å². The number of ether oxygens (including phenoxy) is 1. The number of nitro groups is 1. The lowest BCUT2D eigenvalue weighted by molar-refractivity contribution is -0.384. The Labute approximate surface area is 151 Å². The Hall–Kier alpha value is -3.09. The lowest BCUT2D eigenvalue weighted by Gasteiger charge is -2.32. The van der Waals surface area contributed by atoms with Crippen LogP contribution in [0.4, 0.5) is 11.4 Å². The molecule has 1 heterocycles. The van der Waals surface area contributed by atoms with Gasteiger partial charge in [-0.05, 0) is 36.8 Å². The number of likely N-dealkylation sites (tertiary alicyclic amines) is 1. The monoisotopic (exact) mass is 355 g/mol. The zero-order chi connectivity index (χ0) is 18.7. The van der Waals surface area contributed by atoms with Crippen LogP contribution in [-0.4, -0.2) is 34.9 Å². The van der Waals surface area contributed by atoms with E-state index in [0.29, 0.717) is 42.9 Å². The summed E-state index contributed by atoms with van der Waals surface area (Å²) in [6.07, 6.45) is 1.41. The number of aryl methyl sites for hydroxylation is 1. The minimum Gasteiger partial charge on any atom is -0.490 e. The molecule has 7 nitrogen and oxygen atoms in total. The van der Waals surface area contributed by atoms with Gasteiger partial charge in [-0.15, -0.1) is 0 Å². The van der Waals surface area contributed by atoms with E-state index < -0.39 is 4.92 Å². The number of amides is 1. The van der Waals surface area contributed by atoms with Crippen LogP contribution in [0.25, 0.3) is 0 Å². The van der Waals surface area contributed by atoms with Crippen molar-refractivity contribution in [1.29, 1.82) is 0 Å². The molecule has 3 rings (SSSR count). The van der Waals surface area contributed by atoms with Crippen molar-refractivity contribution in [3.63, 3.8) is 0 Å². The summed E-state index contributed by atoms with van der Waals surface area (Å²) in [7, 11) is 0. The molecular formula is C19H21N3O4. The van der Waals surface area contributed by atoms with E-state index in [1.165, 1.54) is 12.1 Å². The van der Waals surface area contributed by atoms with Gasteiger partial charge in [0.1, 0.15) is 11.9 Å². The highest BCUT2D eigenvalue weighted by atomic mass is 16.6. The van der Waals surface area contributed by atoms with Crippen LogP contribution in [0, 0.1) is 17.0 Å². The van der Waals surface area contributed by atoms with E-state index in [4.69, 9.17) is 10.5 Å². The Morgan fingerprint density at radius 3 is 2.46 bits per heavy atom. The molecule has 0 unspecified atom stereocenters. The number of non-ortho nitro benzene ring substituents is 1. The average Bonchev–Trinajstić information content (AvgIpc) is 2.64. The van der Waals surface area contributed by atoms with Crippen molar-refractivity contribution in [2.75, 3.05) is 18.8 Å². The van der Waals surface area contributed by atoms with Gasteiger partial charge in [-0.1, -0.05) is 6.07 Å². The third-order valence-corrected chi connectivity index (χ3v) is 4.57. The van der Waals surface area contributed by atoms with E-state index >= 15 is 0 Å². The maximum atomic E-state index is 12.7. The normalized spacial score (nSPS) is 14.9. The number of nitro benzene ring substituents is 1. The standard InChI is InChI=1S/C19H21N3O4/c1-13-2-3-14(20)12-18(13)19(23)21-10-8-17(9-11-21)26-16-6-4-15(5-7-16)22(24)25/h2-7,12,17H,8-11,20H2,1H3. The number of nitrogens with two attached hydrogens (primary N) is 1.